The molecule has 1 saturated heterocycles. The lowest BCUT2D eigenvalue weighted by atomic mass is 10.1. The highest BCUT2D eigenvalue weighted by molar-refractivity contribution is 5.06. The minimum absolute atomic E-state index is 0.284. The van der Waals surface area contributed by atoms with Crippen LogP contribution in [0.25, 0.3) is 0 Å². The summed E-state index contributed by atoms with van der Waals surface area (Å²) in [5.74, 6) is -0.907. The SMILES string of the molecule is FC(F)(F)c1ncc(CC2CCCN2)[nH]1. The summed E-state index contributed by atoms with van der Waals surface area (Å²) in [4.78, 5) is 5.63. The fourth-order valence-corrected chi connectivity index (χ4v) is 1.80. The summed E-state index contributed by atoms with van der Waals surface area (Å²) >= 11 is 0. The van der Waals surface area contributed by atoms with Gasteiger partial charge in [-0.15, -0.1) is 0 Å². The van der Waals surface area contributed by atoms with E-state index in [-0.39, 0.29) is 6.04 Å². The molecule has 1 aromatic rings. The van der Waals surface area contributed by atoms with Crippen LogP contribution in [0.4, 0.5) is 13.2 Å². The van der Waals surface area contributed by atoms with Gasteiger partial charge >= 0.3 is 6.18 Å². The van der Waals surface area contributed by atoms with Crippen molar-refractivity contribution in [2.75, 3.05) is 6.54 Å². The van der Waals surface area contributed by atoms with Gasteiger partial charge in [-0.1, -0.05) is 0 Å². The molecule has 2 heterocycles. The minimum atomic E-state index is -4.37. The van der Waals surface area contributed by atoms with Crippen molar-refractivity contribution in [1.82, 2.24) is 15.3 Å². The number of imidazole rings is 1. The van der Waals surface area contributed by atoms with Gasteiger partial charge in [-0.2, -0.15) is 13.2 Å². The maximum absolute atomic E-state index is 12.2. The fourth-order valence-electron chi connectivity index (χ4n) is 1.80. The van der Waals surface area contributed by atoms with Crippen molar-refractivity contribution in [3.05, 3.63) is 17.7 Å². The molecule has 84 valence electrons. The third-order valence-corrected chi connectivity index (χ3v) is 2.53. The molecule has 2 rings (SSSR count). The molecular formula is C9H12F3N3. The standard InChI is InChI=1S/C9H12F3N3/c10-9(11,12)8-14-5-7(15-8)4-6-2-1-3-13-6/h5-6,13H,1-4H2,(H,14,15). The topological polar surface area (TPSA) is 40.7 Å². The largest absolute Gasteiger partial charge is 0.449 e. The van der Waals surface area contributed by atoms with Gasteiger partial charge in [-0.25, -0.2) is 4.98 Å². The van der Waals surface area contributed by atoms with Gasteiger partial charge < -0.3 is 10.3 Å². The van der Waals surface area contributed by atoms with E-state index in [1.807, 2.05) is 0 Å². The molecule has 15 heavy (non-hydrogen) atoms. The lowest BCUT2D eigenvalue weighted by molar-refractivity contribution is -0.144. The third kappa shape index (κ3) is 2.50. The van der Waals surface area contributed by atoms with E-state index in [1.165, 1.54) is 6.20 Å². The Hall–Kier alpha value is -1.04. The van der Waals surface area contributed by atoms with E-state index >= 15 is 0 Å². The Balaban J connectivity index is 2.00. The van der Waals surface area contributed by atoms with Crippen LogP contribution in [0.1, 0.15) is 24.4 Å². The average Bonchev–Trinajstić information content (AvgIpc) is 2.73. The first-order valence-electron chi connectivity index (χ1n) is 4.90. The molecule has 0 aromatic carbocycles. The van der Waals surface area contributed by atoms with Crippen molar-refractivity contribution in [3.8, 4) is 0 Å². The number of halogens is 3. The van der Waals surface area contributed by atoms with E-state index in [2.05, 4.69) is 15.3 Å². The van der Waals surface area contributed by atoms with Gasteiger partial charge in [0, 0.05) is 24.4 Å². The summed E-state index contributed by atoms with van der Waals surface area (Å²) in [6, 6.07) is 0.284. The maximum atomic E-state index is 12.2. The zero-order valence-electron chi connectivity index (χ0n) is 8.06. The van der Waals surface area contributed by atoms with Crippen LogP contribution in [-0.2, 0) is 12.6 Å². The van der Waals surface area contributed by atoms with Gasteiger partial charge in [0.2, 0.25) is 5.82 Å². The molecule has 3 nitrogen and oxygen atoms in total. The number of aromatic nitrogens is 2. The van der Waals surface area contributed by atoms with Crippen LogP contribution in [0, 0.1) is 0 Å². The van der Waals surface area contributed by atoms with E-state index in [0.717, 1.165) is 19.4 Å². The fraction of sp³-hybridized carbons (Fsp3) is 0.667. The van der Waals surface area contributed by atoms with Gasteiger partial charge in [0.15, 0.2) is 0 Å². The zero-order chi connectivity index (χ0) is 10.9. The second-order valence-corrected chi connectivity index (χ2v) is 3.75. The van der Waals surface area contributed by atoms with Crippen LogP contribution < -0.4 is 5.32 Å². The Bertz CT molecular complexity index is 326. The van der Waals surface area contributed by atoms with E-state index < -0.39 is 12.0 Å². The molecule has 1 fully saturated rings. The van der Waals surface area contributed by atoms with Crippen molar-refractivity contribution < 1.29 is 13.2 Å². The Morgan fingerprint density at radius 1 is 1.47 bits per heavy atom. The molecule has 1 aromatic heterocycles. The maximum Gasteiger partial charge on any atom is 0.449 e. The first-order valence-corrected chi connectivity index (χ1v) is 4.90. The molecule has 0 saturated carbocycles. The quantitative estimate of drug-likeness (QED) is 0.795. The molecule has 0 radical (unpaired) electrons. The summed E-state index contributed by atoms with van der Waals surface area (Å²) in [6.07, 6.45) is -0.418. The predicted octanol–water partition coefficient (Wildman–Crippen LogP) is 1.72. The monoisotopic (exact) mass is 219 g/mol. The highest BCUT2D eigenvalue weighted by atomic mass is 19.4. The highest BCUT2D eigenvalue weighted by Crippen LogP contribution is 2.26. The summed E-state index contributed by atoms with van der Waals surface area (Å²) in [5, 5.41) is 3.22. The number of hydrogen-bond acceptors (Lipinski definition) is 2. The van der Waals surface area contributed by atoms with Gasteiger partial charge in [-0.3, -0.25) is 0 Å². The molecule has 0 spiro atoms. The Morgan fingerprint density at radius 3 is 2.80 bits per heavy atom. The van der Waals surface area contributed by atoms with Gasteiger partial charge in [0.05, 0.1) is 0 Å². The number of hydrogen-bond donors (Lipinski definition) is 2. The number of H-pyrrole nitrogens is 1. The lowest BCUT2D eigenvalue weighted by Crippen LogP contribution is -2.23. The number of alkyl halides is 3. The van der Waals surface area contributed by atoms with Crippen LogP contribution >= 0.6 is 0 Å². The van der Waals surface area contributed by atoms with Crippen LogP contribution in [0.5, 0.6) is 0 Å². The smallest absolute Gasteiger partial charge is 0.338 e. The van der Waals surface area contributed by atoms with Crippen LogP contribution in [0.3, 0.4) is 0 Å². The van der Waals surface area contributed by atoms with E-state index in [1.54, 1.807) is 0 Å². The summed E-state index contributed by atoms with van der Waals surface area (Å²) in [6.45, 7) is 0.949. The Kier molecular flexibility index (Phi) is 2.68. The highest BCUT2D eigenvalue weighted by Gasteiger charge is 2.34. The van der Waals surface area contributed by atoms with E-state index in [4.69, 9.17) is 0 Å². The second kappa shape index (κ2) is 3.84. The Labute approximate surface area is 85.1 Å². The number of aromatic amines is 1. The molecular weight excluding hydrogens is 207 g/mol. The molecule has 6 heteroatoms. The first-order chi connectivity index (χ1) is 7.05. The molecule has 1 atom stereocenters. The Morgan fingerprint density at radius 2 is 2.27 bits per heavy atom. The molecule has 0 aliphatic carbocycles. The first kappa shape index (κ1) is 10.5. The third-order valence-electron chi connectivity index (χ3n) is 2.53. The summed E-state index contributed by atoms with van der Waals surface area (Å²) in [7, 11) is 0. The predicted molar refractivity (Wildman–Crippen MR) is 48.3 cm³/mol. The second-order valence-electron chi connectivity index (χ2n) is 3.75. The number of nitrogens with one attached hydrogen (secondary N) is 2. The van der Waals surface area contributed by atoms with E-state index in [0.29, 0.717) is 12.1 Å². The molecule has 2 N–H and O–H groups in total. The molecule has 0 amide bonds. The van der Waals surface area contributed by atoms with Crippen LogP contribution in [0.15, 0.2) is 6.20 Å². The summed E-state index contributed by atoms with van der Waals surface area (Å²) in [5.41, 5.74) is 0.543. The minimum Gasteiger partial charge on any atom is -0.338 e. The number of nitrogens with zero attached hydrogens (tertiary/aromatic N) is 1. The van der Waals surface area contributed by atoms with Crippen molar-refractivity contribution in [2.24, 2.45) is 0 Å². The molecule has 1 aliphatic heterocycles. The van der Waals surface area contributed by atoms with Gasteiger partial charge in [0.1, 0.15) is 0 Å². The van der Waals surface area contributed by atoms with Gasteiger partial charge in [0.25, 0.3) is 0 Å². The summed E-state index contributed by atoms with van der Waals surface area (Å²) < 4.78 is 36.6. The molecule has 0 bridgehead atoms. The zero-order valence-corrected chi connectivity index (χ0v) is 8.06. The van der Waals surface area contributed by atoms with E-state index in [9.17, 15) is 13.2 Å². The number of rotatable bonds is 2. The van der Waals surface area contributed by atoms with Crippen molar-refractivity contribution in [3.63, 3.8) is 0 Å². The lowest BCUT2D eigenvalue weighted by Gasteiger charge is -2.07. The van der Waals surface area contributed by atoms with Crippen molar-refractivity contribution in [1.29, 1.82) is 0 Å². The van der Waals surface area contributed by atoms with Crippen molar-refractivity contribution >= 4 is 0 Å². The van der Waals surface area contributed by atoms with Crippen molar-refractivity contribution in [2.45, 2.75) is 31.5 Å². The molecule has 1 aliphatic rings. The average molecular weight is 219 g/mol. The van der Waals surface area contributed by atoms with Crippen LogP contribution in [-0.4, -0.2) is 22.6 Å². The van der Waals surface area contributed by atoms with Crippen LogP contribution in [0.2, 0.25) is 0 Å². The normalized spacial score (nSPS) is 22.2. The molecule has 1 unspecified atom stereocenters. The van der Waals surface area contributed by atoms with Gasteiger partial charge in [-0.05, 0) is 19.4 Å².